The molecule has 0 N–H and O–H groups in total. The van der Waals surface area contributed by atoms with Gasteiger partial charge < -0.3 is 9.13 Å². The highest BCUT2D eigenvalue weighted by atomic mass is 28.3. The Morgan fingerprint density at radius 3 is 1.24 bits per heavy atom. The highest BCUT2D eigenvalue weighted by molar-refractivity contribution is 7.20. The normalized spacial score (nSPS) is 11.8. The molecule has 0 spiro atoms. The second-order valence-electron chi connectivity index (χ2n) is 16.5. The molecule has 0 bridgehead atoms. The number of hydrogen-bond donors (Lipinski definition) is 0. The lowest BCUT2D eigenvalue weighted by Crippen LogP contribution is -2.74. The summed E-state index contributed by atoms with van der Waals surface area (Å²) in [6.07, 6.45) is 0. The smallest absolute Gasteiger partial charge is 0.179 e. The number of hydrogen-bond acceptors (Lipinski definition) is 0. The quantitative estimate of drug-likeness (QED) is 0.107. The van der Waals surface area contributed by atoms with E-state index in [-0.39, 0.29) is 0 Å². The summed E-state index contributed by atoms with van der Waals surface area (Å²) in [7, 11) is -2.76. The average molecular weight is 819 g/mol. The summed E-state index contributed by atoms with van der Waals surface area (Å²) in [6, 6.07) is 94.2. The monoisotopic (exact) mass is 818 g/mol. The largest absolute Gasteiger partial charge is 0.309 e. The van der Waals surface area contributed by atoms with Crippen molar-refractivity contribution in [3.63, 3.8) is 0 Å². The van der Waals surface area contributed by atoms with E-state index in [4.69, 9.17) is 0 Å². The third kappa shape index (κ3) is 6.00. The topological polar surface area (TPSA) is 9.86 Å². The molecule has 12 aromatic rings. The number of benzene rings is 10. The number of para-hydroxylation sites is 2. The second kappa shape index (κ2) is 15.2. The molecule has 0 aliphatic heterocycles. The van der Waals surface area contributed by atoms with Crippen molar-refractivity contribution < 1.29 is 0 Å². The Labute approximate surface area is 368 Å². The summed E-state index contributed by atoms with van der Waals surface area (Å²) in [5.74, 6) is 0. The Kier molecular flexibility index (Phi) is 8.87. The summed E-state index contributed by atoms with van der Waals surface area (Å²) >= 11 is 0. The predicted octanol–water partition coefficient (Wildman–Crippen LogP) is 12.6. The summed E-state index contributed by atoms with van der Waals surface area (Å²) in [4.78, 5) is 0. The molecule has 63 heavy (non-hydrogen) atoms. The predicted molar refractivity (Wildman–Crippen MR) is 270 cm³/mol. The molecule has 0 atom stereocenters. The maximum absolute atomic E-state index is 2.76. The van der Waals surface area contributed by atoms with Gasteiger partial charge in [-0.3, -0.25) is 0 Å². The van der Waals surface area contributed by atoms with Crippen LogP contribution in [0, 0.1) is 0 Å². The molecule has 2 aromatic heterocycles. The van der Waals surface area contributed by atoms with E-state index in [1.165, 1.54) is 86.6 Å². The van der Waals surface area contributed by atoms with Crippen molar-refractivity contribution >= 4 is 72.4 Å². The van der Waals surface area contributed by atoms with Crippen LogP contribution in [0.4, 0.5) is 0 Å². The van der Waals surface area contributed by atoms with Gasteiger partial charge in [0.15, 0.2) is 8.07 Å². The molecule has 2 heterocycles. The van der Waals surface area contributed by atoms with E-state index in [2.05, 4.69) is 264 Å². The maximum Gasteiger partial charge on any atom is 0.179 e. The summed E-state index contributed by atoms with van der Waals surface area (Å²) in [5, 5.41) is 10.4. The van der Waals surface area contributed by atoms with Crippen LogP contribution < -0.4 is 20.7 Å². The molecule has 3 heteroatoms. The van der Waals surface area contributed by atoms with E-state index in [9.17, 15) is 0 Å². The second-order valence-corrected chi connectivity index (χ2v) is 20.3. The first-order valence-electron chi connectivity index (χ1n) is 21.8. The molecule has 0 aliphatic carbocycles. The van der Waals surface area contributed by atoms with Crippen molar-refractivity contribution in [2.75, 3.05) is 0 Å². The van der Waals surface area contributed by atoms with Gasteiger partial charge in [0, 0.05) is 32.9 Å². The molecule has 0 aliphatic rings. The molecule has 12 rings (SSSR count). The molecule has 296 valence electrons. The lowest BCUT2D eigenvalue weighted by molar-refractivity contribution is 1.18. The Hall–Kier alpha value is -7.98. The van der Waals surface area contributed by atoms with Crippen LogP contribution in [0.2, 0.25) is 0 Å². The van der Waals surface area contributed by atoms with Crippen molar-refractivity contribution in [3.8, 4) is 33.6 Å². The third-order valence-corrected chi connectivity index (χ3v) is 17.8. The van der Waals surface area contributed by atoms with Crippen molar-refractivity contribution in [1.82, 2.24) is 9.13 Å². The van der Waals surface area contributed by atoms with Crippen LogP contribution in [0.15, 0.2) is 255 Å². The van der Waals surface area contributed by atoms with Crippen LogP contribution in [0.25, 0.3) is 77.2 Å². The summed E-state index contributed by atoms with van der Waals surface area (Å²) < 4.78 is 4.89. The van der Waals surface area contributed by atoms with Gasteiger partial charge in [-0.05, 0) is 104 Å². The summed E-state index contributed by atoms with van der Waals surface area (Å²) in [5.41, 5.74) is 11.9. The van der Waals surface area contributed by atoms with Crippen LogP contribution in [0.1, 0.15) is 0 Å². The lowest BCUT2D eigenvalue weighted by atomic mass is 10.0. The SMILES string of the molecule is c1ccc(-c2cccc(-n3c4ccccc4c4cc(-c5ccc6c(c5)c5ccc([Si](c7ccccc7)(c7ccccc7)c7ccccc7)cc5n6-c5ccccc5)ccc43)c2)cc1. The standard InChI is InChI=1S/C60H42N2Si/c1-6-19-43(20-7-1)44-21-18-24-48(39-44)62-57-32-17-16-31-53(57)55-40-45(34-38-59(55)62)46-33-37-58-56(41-46)54-36-35-52(42-60(54)61(58)47-22-8-2-9-23-47)63(49-25-10-3-11-26-49,50-27-12-4-13-28-50)51-29-14-5-15-30-51/h1-42H. The average Bonchev–Trinajstić information content (AvgIpc) is 3.88. The van der Waals surface area contributed by atoms with Crippen molar-refractivity contribution in [2.45, 2.75) is 0 Å². The van der Waals surface area contributed by atoms with Gasteiger partial charge in [-0.15, -0.1) is 0 Å². The minimum atomic E-state index is -2.76. The molecule has 2 nitrogen and oxygen atoms in total. The molecular weight excluding hydrogens is 777 g/mol. The Morgan fingerprint density at radius 1 is 0.222 bits per heavy atom. The fourth-order valence-electron chi connectivity index (χ4n) is 10.2. The minimum absolute atomic E-state index is 1.15. The Bertz CT molecular complexity index is 3500. The van der Waals surface area contributed by atoms with Gasteiger partial charge in [0.1, 0.15) is 0 Å². The molecule has 0 saturated heterocycles. The van der Waals surface area contributed by atoms with E-state index < -0.39 is 8.07 Å². The number of rotatable bonds is 8. The van der Waals surface area contributed by atoms with Gasteiger partial charge in [0.05, 0.1) is 22.1 Å². The van der Waals surface area contributed by atoms with Gasteiger partial charge in [0.2, 0.25) is 0 Å². The van der Waals surface area contributed by atoms with Gasteiger partial charge in [-0.1, -0.05) is 194 Å². The first-order chi connectivity index (χ1) is 31.3. The number of fused-ring (bicyclic) bond motifs is 6. The zero-order valence-electron chi connectivity index (χ0n) is 34.6. The summed E-state index contributed by atoms with van der Waals surface area (Å²) in [6.45, 7) is 0. The fraction of sp³-hybridized carbons (Fsp3) is 0. The molecular formula is C60H42N2Si. The van der Waals surface area contributed by atoms with Crippen LogP contribution in [-0.4, -0.2) is 17.2 Å². The number of nitrogens with zero attached hydrogens (tertiary/aromatic N) is 2. The molecule has 0 radical (unpaired) electrons. The molecule has 0 saturated carbocycles. The van der Waals surface area contributed by atoms with Crippen molar-refractivity contribution in [3.05, 3.63) is 255 Å². The first kappa shape index (κ1) is 36.8. The molecule has 0 amide bonds. The third-order valence-electron chi connectivity index (χ3n) is 13.1. The van der Waals surface area contributed by atoms with Crippen LogP contribution >= 0.6 is 0 Å². The first-order valence-corrected chi connectivity index (χ1v) is 23.8. The van der Waals surface area contributed by atoms with Crippen LogP contribution in [0.3, 0.4) is 0 Å². The van der Waals surface area contributed by atoms with E-state index in [0.29, 0.717) is 0 Å². The minimum Gasteiger partial charge on any atom is -0.309 e. The van der Waals surface area contributed by atoms with E-state index in [1.807, 2.05) is 0 Å². The van der Waals surface area contributed by atoms with Gasteiger partial charge in [-0.25, -0.2) is 0 Å². The van der Waals surface area contributed by atoms with Crippen LogP contribution in [-0.2, 0) is 0 Å². The number of aromatic nitrogens is 2. The van der Waals surface area contributed by atoms with Crippen molar-refractivity contribution in [2.24, 2.45) is 0 Å². The zero-order valence-corrected chi connectivity index (χ0v) is 35.6. The maximum atomic E-state index is 2.51. The van der Waals surface area contributed by atoms with Gasteiger partial charge in [0.25, 0.3) is 0 Å². The Balaban J connectivity index is 1.06. The molecule has 0 unspecified atom stereocenters. The van der Waals surface area contributed by atoms with Gasteiger partial charge in [-0.2, -0.15) is 0 Å². The van der Waals surface area contributed by atoms with Crippen LogP contribution in [0.5, 0.6) is 0 Å². The van der Waals surface area contributed by atoms with Crippen molar-refractivity contribution in [1.29, 1.82) is 0 Å². The Morgan fingerprint density at radius 2 is 0.651 bits per heavy atom. The highest BCUT2D eigenvalue weighted by Crippen LogP contribution is 2.39. The highest BCUT2D eigenvalue weighted by Gasteiger charge is 2.41. The fourth-order valence-corrected chi connectivity index (χ4v) is 15.0. The van der Waals surface area contributed by atoms with Gasteiger partial charge >= 0.3 is 0 Å². The lowest BCUT2D eigenvalue weighted by Gasteiger charge is -2.34. The zero-order chi connectivity index (χ0) is 41.7. The van der Waals surface area contributed by atoms with E-state index in [1.54, 1.807) is 0 Å². The molecule has 10 aromatic carbocycles. The molecule has 0 fully saturated rings. The van der Waals surface area contributed by atoms with E-state index >= 15 is 0 Å². The van der Waals surface area contributed by atoms with E-state index in [0.717, 1.165) is 11.4 Å².